The lowest BCUT2D eigenvalue weighted by atomic mass is 9.87. The normalized spacial score (nSPS) is 18.1. The van der Waals surface area contributed by atoms with Crippen LogP contribution in [-0.4, -0.2) is 32.2 Å². The lowest BCUT2D eigenvalue weighted by Crippen LogP contribution is -2.45. The first-order valence-corrected chi connectivity index (χ1v) is 10.2. The van der Waals surface area contributed by atoms with E-state index in [2.05, 4.69) is 10.3 Å². The number of nitrogens with one attached hydrogen (secondary N) is 1. The van der Waals surface area contributed by atoms with E-state index in [0.29, 0.717) is 22.9 Å². The molecule has 4 rings (SSSR count). The number of non-ortho nitro benzene ring substituents is 1. The molecule has 11 heteroatoms. The monoisotopic (exact) mass is 462 g/mol. The molecule has 0 fully saturated rings. The Bertz CT molecular complexity index is 1270. The molecule has 8 nitrogen and oxygen atoms in total. The van der Waals surface area contributed by atoms with Crippen LogP contribution >= 0.6 is 0 Å². The number of benzene rings is 2. The van der Waals surface area contributed by atoms with Crippen LogP contribution in [0.2, 0.25) is 0 Å². The fourth-order valence-electron chi connectivity index (χ4n) is 4.00. The quantitative estimate of drug-likeness (QED) is 0.349. The molecule has 33 heavy (non-hydrogen) atoms. The number of hydrogen-bond donors (Lipinski definition) is 1. The van der Waals surface area contributed by atoms with Crippen molar-refractivity contribution in [3.63, 3.8) is 0 Å². The van der Waals surface area contributed by atoms with Crippen LogP contribution in [0.3, 0.4) is 0 Å². The number of ether oxygens (including phenoxy) is 1. The van der Waals surface area contributed by atoms with E-state index in [1.54, 1.807) is 25.3 Å². The van der Waals surface area contributed by atoms with Crippen LogP contribution < -0.4 is 5.32 Å². The van der Waals surface area contributed by atoms with Gasteiger partial charge in [0.1, 0.15) is 17.7 Å². The van der Waals surface area contributed by atoms with Gasteiger partial charge in [0.25, 0.3) is 5.69 Å². The molecular weight excluding hydrogens is 441 g/mol. The summed E-state index contributed by atoms with van der Waals surface area (Å²) in [7, 11) is 0. The standard InChI is InChI=1S/C22H21F3N4O4/c1-22(2,3)27-21(30)33-19-10-28-18-5-4-11(29(31)32)6-17(18)26-20(28)8-13(19)12-7-15(24)16(25)9-14(12)23/h4-7,9,13,19H,8,10H2,1-3H3,(H,27,30)/t13-,19+/m1/s1. The molecule has 0 bridgehead atoms. The molecule has 2 aromatic carbocycles. The number of amides is 1. The van der Waals surface area contributed by atoms with Gasteiger partial charge in [-0.25, -0.2) is 22.9 Å². The highest BCUT2D eigenvalue weighted by atomic mass is 19.2. The number of nitrogens with zero attached hydrogens (tertiary/aromatic N) is 3. The van der Waals surface area contributed by atoms with Crippen LogP contribution in [0.25, 0.3) is 11.0 Å². The number of fused-ring (bicyclic) bond motifs is 3. The second kappa shape index (κ2) is 8.05. The van der Waals surface area contributed by atoms with Crippen molar-refractivity contribution in [2.24, 2.45) is 0 Å². The zero-order valence-electron chi connectivity index (χ0n) is 18.1. The van der Waals surface area contributed by atoms with Crippen LogP contribution in [0.5, 0.6) is 0 Å². The van der Waals surface area contributed by atoms with Crippen molar-refractivity contribution in [2.75, 3.05) is 0 Å². The van der Waals surface area contributed by atoms with E-state index in [1.807, 2.05) is 0 Å². The highest BCUT2D eigenvalue weighted by Gasteiger charge is 2.37. The molecule has 0 aliphatic carbocycles. The SMILES string of the molecule is CC(C)(C)NC(=O)O[C@H]1Cn2c(nc3cc([N+](=O)[O-])ccc32)C[C@@H]1c1cc(F)c(F)cc1F. The zero-order valence-corrected chi connectivity index (χ0v) is 18.1. The number of nitro benzene ring substituents is 1. The van der Waals surface area contributed by atoms with Crippen LogP contribution in [0, 0.1) is 27.6 Å². The third-order valence-electron chi connectivity index (χ3n) is 5.41. The second-order valence-electron chi connectivity index (χ2n) is 8.99. The lowest BCUT2D eigenvalue weighted by Gasteiger charge is -2.33. The maximum Gasteiger partial charge on any atom is 0.407 e. The van der Waals surface area contributed by atoms with Gasteiger partial charge in [-0.2, -0.15) is 0 Å². The molecule has 0 unspecified atom stereocenters. The number of carbonyl (C=O) groups is 1. The fourth-order valence-corrected chi connectivity index (χ4v) is 4.00. The molecular formula is C22H21F3N4O4. The van der Waals surface area contributed by atoms with Gasteiger partial charge in [-0.05, 0) is 38.5 Å². The molecule has 0 spiro atoms. The minimum Gasteiger partial charge on any atom is -0.444 e. The van der Waals surface area contributed by atoms with E-state index in [1.165, 1.54) is 18.2 Å². The molecule has 0 saturated heterocycles. The molecule has 1 amide bonds. The first kappa shape index (κ1) is 22.6. The van der Waals surface area contributed by atoms with Crippen LogP contribution in [0.1, 0.15) is 38.1 Å². The molecule has 3 aromatic rings. The van der Waals surface area contributed by atoms with Crippen molar-refractivity contribution in [3.8, 4) is 0 Å². The van der Waals surface area contributed by atoms with E-state index in [4.69, 9.17) is 4.74 Å². The number of rotatable bonds is 3. The third kappa shape index (κ3) is 4.48. The Labute approximate surface area is 186 Å². The Morgan fingerprint density at radius 3 is 2.55 bits per heavy atom. The van der Waals surface area contributed by atoms with E-state index in [-0.39, 0.29) is 24.2 Å². The molecule has 0 radical (unpaired) electrons. The average molecular weight is 462 g/mol. The summed E-state index contributed by atoms with van der Waals surface area (Å²) in [6.07, 6.45) is -1.64. The van der Waals surface area contributed by atoms with Gasteiger partial charge >= 0.3 is 6.09 Å². The summed E-state index contributed by atoms with van der Waals surface area (Å²) in [5.74, 6) is -3.92. The van der Waals surface area contributed by atoms with Gasteiger partial charge in [0.05, 0.1) is 22.5 Å². The van der Waals surface area contributed by atoms with E-state index >= 15 is 0 Å². The highest BCUT2D eigenvalue weighted by Crippen LogP contribution is 2.36. The molecule has 1 aliphatic rings. The van der Waals surface area contributed by atoms with Gasteiger partial charge in [0, 0.05) is 36.1 Å². The smallest absolute Gasteiger partial charge is 0.407 e. The molecule has 0 saturated carbocycles. The number of hydrogen-bond acceptors (Lipinski definition) is 5. The van der Waals surface area contributed by atoms with Gasteiger partial charge in [-0.3, -0.25) is 10.1 Å². The summed E-state index contributed by atoms with van der Waals surface area (Å²) in [5, 5.41) is 13.8. The molecule has 1 aromatic heterocycles. The summed E-state index contributed by atoms with van der Waals surface area (Å²) in [5.41, 5.74) is 0.0404. The maximum atomic E-state index is 14.7. The van der Waals surface area contributed by atoms with Crippen LogP contribution in [-0.2, 0) is 17.7 Å². The number of imidazole rings is 1. The Hall–Kier alpha value is -3.63. The number of nitro groups is 1. The lowest BCUT2D eigenvalue weighted by molar-refractivity contribution is -0.384. The van der Waals surface area contributed by atoms with Crippen molar-refractivity contribution in [1.82, 2.24) is 14.9 Å². The maximum absolute atomic E-state index is 14.7. The zero-order chi connectivity index (χ0) is 24.1. The Morgan fingerprint density at radius 2 is 1.88 bits per heavy atom. The Balaban J connectivity index is 1.77. The summed E-state index contributed by atoms with van der Waals surface area (Å²) >= 11 is 0. The van der Waals surface area contributed by atoms with E-state index in [0.717, 1.165) is 6.07 Å². The predicted molar refractivity (Wildman–Crippen MR) is 112 cm³/mol. The third-order valence-corrected chi connectivity index (χ3v) is 5.41. The minimum absolute atomic E-state index is 0.0396. The van der Waals surface area contributed by atoms with E-state index in [9.17, 15) is 28.1 Å². The number of carbonyl (C=O) groups excluding carboxylic acids is 1. The summed E-state index contributed by atoms with van der Waals surface area (Å²) in [6.45, 7) is 5.33. The van der Waals surface area contributed by atoms with Crippen molar-refractivity contribution >= 4 is 22.8 Å². The number of aromatic nitrogens is 2. The van der Waals surface area contributed by atoms with Crippen molar-refractivity contribution in [3.05, 3.63) is 69.3 Å². The van der Waals surface area contributed by atoms with Crippen molar-refractivity contribution < 1.29 is 27.6 Å². The fraction of sp³-hybridized carbons (Fsp3) is 0.364. The highest BCUT2D eigenvalue weighted by molar-refractivity contribution is 5.79. The molecule has 1 N–H and O–H groups in total. The Morgan fingerprint density at radius 1 is 1.18 bits per heavy atom. The average Bonchev–Trinajstić information content (AvgIpc) is 3.05. The number of halogens is 3. The van der Waals surface area contributed by atoms with Gasteiger partial charge in [0.2, 0.25) is 0 Å². The van der Waals surface area contributed by atoms with Gasteiger partial charge in [-0.15, -0.1) is 0 Å². The molecule has 2 heterocycles. The van der Waals surface area contributed by atoms with Crippen molar-refractivity contribution in [1.29, 1.82) is 0 Å². The van der Waals surface area contributed by atoms with Gasteiger partial charge < -0.3 is 14.6 Å². The Kier molecular flexibility index (Phi) is 5.51. The van der Waals surface area contributed by atoms with E-state index < -0.39 is 46.0 Å². The first-order chi connectivity index (χ1) is 15.4. The summed E-state index contributed by atoms with van der Waals surface area (Å²) in [6, 6.07) is 5.40. The molecule has 174 valence electrons. The number of alkyl carbamates (subject to hydrolysis) is 1. The first-order valence-electron chi connectivity index (χ1n) is 10.2. The molecule has 1 aliphatic heterocycles. The van der Waals surface area contributed by atoms with Gasteiger partial charge in [0.15, 0.2) is 11.6 Å². The molecule has 2 atom stereocenters. The van der Waals surface area contributed by atoms with Crippen molar-refractivity contribution in [2.45, 2.75) is 51.3 Å². The van der Waals surface area contributed by atoms with Crippen LogP contribution in [0.4, 0.5) is 23.7 Å². The minimum atomic E-state index is -1.32. The second-order valence-corrected chi connectivity index (χ2v) is 8.99. The summed E-state index contributed by atoms with van der Waals surface area (Å²) in [4.78, 5) is 27.5. The van der Waals surface area contributed by atoms with Crippen LogP contribution in [0.15, 0.2) is 30.3 Å². The largest absolute Gasteiger partial charge is 0.444 e. The topological polar surface area (TPSA) is 99.3 Å². The predicted octanol–water partition coefficient (Wildman–Crippen LogP) is 4.60. The van der Waals surface area contributed by atoms with Gasteiger partial charge in [-0.1, -0.05) is 0 Å². The summed E-state index contributed by atoms with van der Waals surface area (Å²) < 4.78 is 49.5.